The van der Waals surface area contributed by atoms with Crippen molar-refractivity contribution in [3.63, 3.8) is 0 Å². The number of fused-ring (bicyclic) bond motifs is 1. The number of nitrogens with zero attached hydrogens (tertiary/aromatic N) is 2. The molecule has 1 atom stereocenters. The molecule has 144 valence electrons. The lowest BCUT2D eigenvalue weighted by Crippen LogP contribution is -2.43. The molecule has 0 saturated carbocycles. The van der Waals surface area contributed by atoms with Gasteiger partial charge in [0.25, 0.3) is 0 Å². The quantitative estimate of drug-likeness (QED) is 0.746. The first-order chi connectivity index (χ1) is 13.6. The molecule has 1 saturated heterocycles. The fourth-order valence-corrected chi connectivity index (χ4v) is 3.42. The summed E-state index contributed by atoms with van der Waals surface area (Å²) >= 11 is 0. The number of carbonyl (C=O) groups is 2. The van der Waals surface area contributed by atoms with Crippen molar-refractivity contribution in [3.05, 3.63) is 48.5 Å². The lowest BCUT2D eigenvalue weighted by molar-refractivity contribution is -0.121. The molecule has 0 aliphatic carbocycles. The van der Waals surface area contributed by atoms with Gasteiger partial charge in [0.15, 0.2) is 5.58 Å². The largest absolute Gasteiger partial charge is 0.453 e. The van der Waals surface area contributed by atoms with E-state index < -0.39 is 0 Å². The van der Waals surface area contributed by atoms with E-state index in [0.717, 1.165) is 29.5 Å². The summed E-state index contributed by atoms with van der Waals surface area (Å²) in [6.45, 7) is 0.995. The van der Waals surface area contributed by atoms with Crippen LogP contribution in [0.1, 0.15) is 12.8 Å². The first-order valence-corrected chi connectivity index (χ1v) is 9.24. The number of likely N-dealkylation sites (tertiary alicyclic amines) is 1. The van der Waals surface area contributed by atoms with Crippen molar-refractivity contribution in [2.45, 2.75) is 12.8 Å². The molecular formula is C21H21N3O4. The van der Waals surface area contributed by atoms with Gasteiger partial charge in [-0.25, -0.2) is 9.78 Å². The molecule has 7 nitrogen and oxygen atoms in total. The maximum Gasteiger partial charge on any atom is 0.409 e. The highest BCUT2D eigenvalue weighted by Gasteiger charge is 2.28. The molecule has 3 aromatic rings. The third-order valence-corrected chi connectivity index (χ3v) is 4.92. The van der Waals surface area contributed by atoms with E-state index in [1.807, 2.05) is 48.5 Å². The number of nitrogens with one attached hydrogen (secondary N) is 1. The van der Waals surface area contributed by atoms with Gasteiger partial charge in [-0.05, 0) is 49.2 Å². The van der Waals surface area contributed by atoms with Gasteiger partial charge in [-0.15, -0.1) is 0 Å². The second-order valence-electron chi connectivity index (χ2n) is 6.81. The number of ether oxygens (including phenoxy) is 1. The van der Waals surface area contributed by atoms with E-state index in [2.05, 4.69) is 10.3 Å². The minimum atomic E-state index is -0.389. The molecule has 1 N–H and O–H groups in total. The minimum absolute atomic E-state index is 0.0942. The number of hydrogen-bond acceptors (Lipinski definition) is 5. The van der Waals surface area contributed by atoms with E-state index in [1.165, 1.54) is 7.11 Å². The van der Waals surface area contributed by atoms with Crippen molar-refractivity contribution < 1.29 is 18.7 Å². The zero-order valence-electron chi connectivity index (χ0n) is 15.6. The lowest BCUT2D eigenvalue weighted by atomic mass is 9.97. The van der Waals surface area contributed by atoms with Gasteiger partial charge in [-0.2, -0.15) is 0 Å². The fourth-order valence-electron chi connectivity index (χ4n) is 3.42. The average molecular weight is 379 g/mol. The molecule has 7 heteroatoms. The molecule has 4 rings (SSSR count). The van der Waals surface area contributed by atoms with Crippen molar-refractivity contribution in [3.8, 4) is 11.5 Å². The van der Waals surface area contributed by atoms with Crippen LogP contribution in [0, 0.1) is 5.92 Å². The molecule has 2 aromatic carbocycles. The number of aromatic nitrogens is 1. The van der Waals surface area contributed by atoms with Crippen LogP contribution in [0.2, 0.25) is 0 Å². The molecule has 0 spiro atoms. The number of amides is 2. The van der Waals surface area contributed by atoms with Crippen LogP contribution in [-0.4, -0.2) is 42.1 Å². The first kappa shape index (κ1) is 18.0. The van der Waals surface area contributed by atoms with Crippen LogP contribution in [0.5, 0.6) is 0 Å². The number of anilines is 1. The molecule has 1 aliphatic rings. The molecule has 0 bridgehead atoms. The number of methoxy groups -OCH3 is 1. The summed E-state index contributed by atoms with van der Waals surface area (Å²) in [7, 11) is 1.35. The van der Waals surface area contributed by atoms with Crippen molar-refractivity contribution in [1.29, 1.82) is 0 Å². The number of carbonyl (C=O) groups excluding carboxylic acids is 2. The molecule has 2 amide bonds. The topological polar surface area (TPSA) is 84.7 Å². The maximum atomic E-state index is 12.6. The van der Waals surface area contributed by atoms with Crippen LogP contribution in [-0.2, 0) is 9.53 Å². The van der Waals surface area contributed by atoms with E-state index in [1.54, 1.807) is 4.90 Å². The summed E-state index contributed by atoms with van der Waals surface area (Å²) in [6.07, 6.45) is 1.14. The maximum absolute atomic E-state index is 12.6. The molecule has 28 heavy (non-hydrogen) atoms. The normalized spacial score (nSPS) is 16.8. The van der Waals surface area contributed by atoms with E-state index in [9.17, 15) is 9.59 Å². The van der Waals surface area contributed by atoms with Gasteiger partial charge in [-0.1, -0.05) is 12.1 Å². The second-order valence-corrected chi connectivity index (χ2v) is 6.81. The summed E-state index contributed by atoms with van der Waals surface area (Å²) in [4.78, 5) is 30.3. The van der Waals surface area contributed by atoms with Gasteiger partial charge in [0.05, 0.1) is 13.0 Å². The molecular weight excluding hydrogens is 358 g/mol. The van der Waals surface area contributed by atoms with Crippen molar-refractivity contribution in [2.75, 3.05) is 25.5 Å². The lowest BCUT2D eigenvalue weighted by Gasteiger charge is -2.30. The first-order valence-electron chi connectivity index (χ1n) is 9.24. The van der Waals surface area contributed by atoms with E-state index in [-0.39, 0.29) is 17.9 Å². The number of benzene rings is 2. The summed E-state index contributed by atoms with van der Waals surface area (Å²) < 4.78 is 10.5. The van der Waals surface area contributed by atoms with Gasteiger partial charge < -0.3 is 19.4 Å². The predicted molar refractivity (Wildman–Crippen MR) is 105 cm³/mol. The fraction of sp³-hybridized carbons (Fsp3) is 0.286. The van der Waals surface area contributed by atoms with Gasteiger partial charge in [-0.3, -0.25) is 4.79 Å². The van der Waals surface area contributed by atoms with Crippen LogP contribution in [0.3, 0.4) is 0 Å². The molecule has 1 aliphatic heterocycles. The van der Waals surface area contributed by atoms with Gasteiger partial charge >= 0.3 is 6.09 Å². The third-order valence-electron chi connectivity index (χ3n) is 4.92. The smallest absolute Gasteiger partial charge is 0.409 e. The average Bonchev–Trinajstić information content (AvgIpc) is 3.18. The molecule has 1 fully saturated rings. The highest BCUT2D eigenvalue weighted by Crippen LogP contribution is 2.26. The van der Waals surface area contributed by atoms with E-state index in [4.69, 9.17) is 9.15 Å². The Morgan fingerprint density at radius 1 is 1.18 bits per heavy atom. The summed E-state index contributed by atoms with van der Waals surface area (Å²) in [5, 5.41) is 2.93. The third kappa shape index (κ3) is 3.69. The zero-order valence-corrected chi connectivity index (χ0v) is 15.6. The number of piperidine rings is 1. The van der Waals surface area contributed by atoms with Crippen LogP contribution >= 0.6 is 0 Å². The number of oxazole rings is 1. The molecule has 2 heterocycles. The summed E-state index contributed by atoms with van der Waals surface area (Å²) in [5.41, 5.74) is 3.08. The number of para-hydroxylation sites is 2. The Bertz CT molecular complexity index is 963. The van der Waals surface area contributed by atoms with Crippen LogP contribution in [0.4, 0.5) is 10.5 Å². The molecule has 1 unspecified atom stereocenters. The highest BCUT2D eigenvalue weighted by atomic mass is 16.5. The summed E-state index contributed by atoms with van der Waals surface area (Å²) in [5.74, 6) is 0.202. The second kappa shape index (κ2) is 7.72. The Morgan fingerprint density at radius 3 is 2.71 bits per heavy atom. The van der Waals surface area contributed by atoms with Crippen LogP contribution < -0.4 is 5.32 Å². The Hall–Kier alpha value is -3.35. The zero-order chi connectivity index (χ0) is 19.5. The SMILES string of the molecule is COC(=O)N1CCCC(C(=O)Nc2ccc(-c3nc4ccccc4o3)cc2)C1. The van der Waals surface area contributed by atoms with E-state index >= 15 is 0 Å². The highest BCUT2D eigenvalue weighted by molar-refractivity contribution is 5.93. The molecule has 1 aromatic heterocycles. The Morgan fingerprint density at radius 2 is 1.96 bits per heavy atom. The number of hydrogen-bond donors (Lipinski definition) is 1. The summed E-state index contributed by atoms with van der Waals surface area (Å²) in [6, 6.07) is 15.0. The predicted octanol–water partition coefficient (Wildman–Crippen LogP) is 3.91. The van der Waals surface area contributed by atoms with Crippen molar-refractivity contribution in [1.82, 2.24) is 9.88 Å². The monoisotopic (exact) mass is 379 g/mol. The number of rotatable bonds is 3. The standard InChI is InChI=1S/C21H21N3O4/c1-27-21(26)24-12-4-5-15(13-24)19(25)22-16-10-8-14(9-11-16)20-23-17-6-2-3-7-18(17)28-20/h2-3,6-11,15H,4-5,12-13H2,1H3,(H,22,25). The Balaban J connectivity index is 1.42. The van der Waals surface area contributed by atoms with Crippen LogP contribution in [0.25, 0.3) is 22.6 Å². The van der Waals surface area contributed by atoms with Gasteiger partial charge in [0.1, 0.15) is 5.52 Å². The van der Waals surface area contributed by atoms with E-state index in [0.29, 0.717) is 24.7 Å². The Kier molecular flexibility index (Phi) is 4.97. The minimum Gasteiger partial charge on any atom is -0.453 e. The molecule has 0 radical (unpaired) electrons. The van der Waals surface area contributed by atoms with Gasteiger partial charge in [0, 0.05) is 24.3 Å². The van der Waals surface area contributed by atoms with Crippen LogP contribution in [0.15, 0.2) is 52.9 Å². The van der Waals surface area contributed by atoms with Crippen molar-refractivity contribution in [2.24, 2.45) is 5.92 Å². The Labute approximate surface area is 162 Å². The van der Waals surface area contributed by atoms with Gasteiger partial charge in [0.2, 0.25) is 11.8 Å². The van der Waals surface area contributed by atoms with Crippen molar-refractivity contribution >= 4 is 28.8 Å².